The number of rotatable bonds is 8. The second kappa shape index (κ2) is 11.9. The summed E-state index contributed by atoms with van der Waals surface area (Å²) in [5.74, 6) is 0.603. The normalized spacial score (nSPS) is 11.6. The van der Waals surface area contributed by atoms with E-state index in [1.165, 1.54) is 11.8 Å². The standard InChI is InChI=1S/C25H19Br2N5OS/c26-20-13-11-19(12-14-20)24-30-31-25(32(24)22-9-5-2-6-10-22)34-17-23(33)29-28-16-21(27)15-18-7-3-1-4-8-18/h1-16H,17H2,(H,29,33). The lowest BCUT2D eigenvalue weighted by Crippen LogP contribution is -2.19. The molecule has 1 amide bonds. The first-order valence-electron chi connectivity index (χ1n) is 10.2. The van der Waals surface area contributed by atoms with E-state index < -0.39 is 0 Å². The van der Waals surface area contributed by atoms with Crippen LogP contribution in [-0.2, 0) is 4.79 Å². The van der Waals surface area contributed by atoms with Crippen molar-refractivity contribution in [2.45, 2.75) is 5.16 Å². The molecule has 34 heavy (non-hydrogen) atoms. The van der Waals surface area contributed by atoms with E-state index in [1.807, 2.05) is 95.6 Å². The summed E-state index contributed by atoms with van der Waals surface area (Å²) in [6.45, 7) is 0. The first-order valence-corrected chi connectivity index (χ1v) is 12.8. The second-order valence-electron chi connectivity index (χ2n) is 7.01. The van der Waals surface area contributed by atoms with Crippen molar-refractivity contribution in [3.63, 3.8) is 0 Å². The number of para-hydroxylation sites is 1. The molecule has 0 aliphatic rings. The van der Waals surface area contributed by atoms with Gasteiger partial charge in [-0.2, -0.15) is 5.10 Å². The zero-order valence-electron chi connectivity index (χ0n) is 17.8. The minimum absolute atomic E-state index is 0.142. The van der Waals surface area contributed by atoms with Gasteiger partial charge in [0.25, 0.3) is 5.91 Å². The molecule has 3 aromatic carbocycles. The van der Waals surface area contributed by atoms with Gasteiger partial charge in [-0.3, -0.25) is 9.36 Å². The van der Waals surface area contributed by atoms with E-state index in [0.717, 1.165) is 25.8 Å². The molecule has 0 saturated heterocycles. The summed E-state index contributed by atoms with van der Waals surface area (Å²) < 4.78 is 3.68. The molecule has 4 rings (SSSR count). The highest BCUT2D eigenvalue weighted by atomic mass is 79.9. The maximum atomic E-state index is 12.4. The molecule has 0 spiro atoms. The molecule has 0 saturated carbocycles. The van der Waals surface area contributed by atoms with E-state index in [1.54, 1.807) is 6.21 Å². The molecule has 0 aliphatic heterocycles. The molecular formula is C25H19Br2N5OS. The predicted octanol–water partition coefficient (Wildman–Crippen LogP) is 6.33. The number of hydrogen-bond donors (Lipinski definition) is 1. The first-order chi connectivity index (χ1) is 16.6. The topological polar surface area (TPSA) is 72.2 Å². The van der Waals surface area contributed by atoms with Crippen molar-refractivity contribution in [1.82, 2.24) is 20.2 Å². The van der Waals surface area contributed by atoms with Crippen LogP contribution in [0.1, 0.15) is 5.56 Å². The fourth-order valence-electron chi connectivity index (χ4n) is 3.03. The molecule has 0 fully saturated rings. The Morgan fingerprint density at radius 1 is 0.971 bits per heavy atom. The smallest absolute Gasteiger partial charge is 0.250 e. The molecule has 0 unspecified atom stereocenters. The number of aromatic nitrogens is 3. The van der Waals surface area contributed by atoms with Crippen LogP contribution < -0.4 is 5.43 Å². The minimum Gasteiger partial charge on any atom is -0.272 e. The third kappa shape index (κ3) is 6.53. The molecule has 1 aromatic heterocycles. The maximum Gasteiger partial charge on any atom is 0.250 e. The number of hydrogen-bond acceptors (Lipinski definition) is 5. The van der Waals surface area contributed by atoms with E-state index in [0.29, 0.717) is 11.0 Å². The van der Waals surface area contributed by atoms with Gasteiger partial charge in [0.1, 0.15) is 0 Å². The van der Waals surface area contributed by atoms with Gasteiger partial charge in [-0.1, -0.05) is 88.4 Å². The van der Waals surface area contributed by atoms with Gasteiger partial charge in [0.2, 0.25) is 0 Å². The fraction of sp³-hybridized carbons (Fsp3) is 0.0400. The minimum atomic E-state index is -0.242. The lowest BCUT2D eigenvalue weighted by atomic mass is 10.2. The molecule has 170 valence electrons. The van der Waals surface area contributed by atoms with Gasteiger partial charge in [-0.15, -0.1) is 10.2 Å². The van der Waals surface area contributed by atoms with Crippen molar-refractivity contribution in [2.24, 2.45) is 5.10 Å². The van der Waals surface area contributed by atoms with E-state index >= 15 is 0 Å². The van der Waals surface area contributed by atoms with Crippen LogP contribution in [0.4, 0.5) is 0 Å². The number of nitrogens with one attached hydrogen (secondary N) is 1. The number of halogens is 2. The molecule has 0 aliphatic carbocycles. The lowest BCUT2D eigenvalue weighted by molar-refractivity contribution is -0.118. The SMILES string of the molecule is O=C(CSc1nnc(-c2ccc(Br)cc2)n1-c1ccccc1)NN=CC(Br)=Cc1ccccc1. The summed E-state index contributed by atoms with van der Waals surface area (Å²) >= 11 is 8.20. The molecular weight excluding hydrogens is 578 g/mol. The van der Waals surface area contributed by atoms with Crippen molar-refractivity contribution in [3.05, 3.63) is 99.4 Å². The number of carbonyl (C=O) groups is 1. The monoisotopic (exact) mass is 595 g/mol. The van der Waals surface area contributed by atoms with Gasteiger partial charge in [-0.05, 0) is 51.8 Å². The number of hydrazone groups is 1. The summed E-state index contributed by atoms with van der Waals surface area (Å²) in [7, 11) is 0. The highest BCUT2D eigenvalue weighted by molar-refractivity contribution is 9.12. The highest BCUT2D eigenvalue weighted by Gasteiger charge is 2.17. The number of allylic oxidation sites excluding steroid dienone is 1. The summed E-state index contributed by atoms with van der Waals surface area (Å²) in [5, 5.41) is 13.4. The molecule has 4 aromatic rings. The third-order valence-electron chi connectivity index (χ3n) is 4.56. The summed E-state index contributed by atoms with van der Waals surface area (Å²) in [4.78, 5) is 12.4. The van der Waals surface area contributed by atoms with Crippen LogP contribution in [0.2, 0.25) is 0 Å². The highest BCUT2D eigenvalue weighted by Crippen LogP contribution is 2.28. The van der Waals surface area contributed by atoms with Crippen LogP contribution in [0.5, 0.6) is 0 Å². The summed E-state index contributed by atoms with van der Waals surface area (Å²) in [6.07, 6.45) is 3.46. The Balaban J connectivity index is 1.45. The van der Waals surface area contributed by atoms with Gasteiger partial charge in [-0.25, -0.2) is 5.43 Å². The van der Waals surface area contributed by atoms with Gasteiger partial charge in [0.15, 0.2) is 11.0 Å². The molecule has 6 nitrogen and oxygen atoms in total. The van der Waals surface area contributed by atoms with Crippen molar-refractivity contribution >= 4 is 61.8 Å². The summed E-state index contributed by atoms with van der Waals surface area (Å²) in [6, 6.07) is 27.5. The maximum absolute atomic E-state index is 12.4. The number of nitrogens with zero attached hydrogens (tertiary/aromatic N) is 4. The largest absolute Gasteiger partial charge is 0.272 e. The average Bonchev–Trinajstić information content (AvgIpc) is 3.28. The zero-order chi connectivity index (χ0) is 23.8. The van der Waals surface area contributed by atoms with Crippen LogP contribution in [-0.4, -0.2) is 32.6 Å². The zero-order valence-corrected chi connectivity index (χ0v) is 21.8. The van der Waals surface area contributed by atoms with E-state index in [4.69, 9.17) is 0 Å². The van der Waals surface area contributed by atoms with E-state index in [9.17, 15) is 4.79 Å². The van der Waals surface area contributed by atoms with Crippen molar-refractivity contribution in [2.75, 3.05) is 5.75 Å². The van der Waals surface area contributed by atoms with Gasteiger partial charge >= 0.3 is 0 Å². The Bertz CT molecular complexity index is 1310. The second-order valence-corrected chi connectivity index (χ2v) is 9.78. The van der Waals surface area contributed by atoms with Crippen molar-refractivity contribution in [3.8, 4) is 17.1 Å². The molecule has 0 atom stereocenters. The van der Waals surface area contributed by atoms with Crippen molar-refractivity contribution in [1.29, 1.82) is 0 Å². The number of carbonyl (C=O) groups excluding carboxylic acids is 1. The Labute approximate surface area is 218 Å². The Hall–Kier alpha value is -3.01. The van der Waals surface area contributed by atoms with Crippen molar-refractivity contribution < 1.29 is 4.79 Å². The van der Waals surface area contributed by atoms with E-state index in [2.05, 4.69) is 52.6 Å². The van der Waals surface area contributed by atoms with Crippen LogP contribution in [0, 0.1) is 0 Å². The quantitative estimate of drug-likeness (QED) is 0.147. The van der Waals surface area contributed by atoms with Crippen LogP contribution >= 0.6 is 43.6 Å². The molecule has 1 N–H and O–H groups in total. The summed E-state index contributed by atoms with van der Waals surface area (Å²) in [5.41, 5.74) is 5.43. The number of thioether (sulfide) groups is 1. The predicted molar refractivity (Wildman–Crippen MR) is 145 cm³/mol. The Morgan fingerprint density at radius 3 is 2.35 bits per heavy atom. The Kier molecular flexibility index (Phi) is 8.46. The Morgan fingerprint density at radius 2 is 1.65 bits per heavy atom. The van der Waals surface area contributed by atoms with Crippen LogP contribution in [0.3, 0.4) is 0 Å². The third-order valence-corrected chi connectivity index (χ3v) is 6.46. The molecule has 0 bridgehead atoms. The van der Waals surface area contributed by atoms with Gasteiger partial charge < -0.3 is 0 Å². The lowest BCUT2D eigenvalue weighted by Gasteiger charge is -2.10. The molecule has 9 heteroatoms. The van der Waals surface area contributed by atoms with Gasteiger partial charge in [0.05, 0.1) is 12.0 Å². The average molecular weight is 597 g/mol. The number of benzene rings is 3. The first kappa shape index (κ1) is 24.1. The van der Waals surface area contributed by atoms with Crippen LogP contribution in [0.25, 0.3) is 23.2 Å². The van der Waals surface area contributed by atoms with Gasteiger partial charge in [0, 0.05) is 20.2 Å². The molecule has 0 radical (unpaired) electrons. The van der Waals surface area contributed by atoms with Crippen LogP contribution in [0.15, 0.2) is 104 Å². The number of amides is 1. The fourth-order valence-corrected chi connectivity index (χ4v) is 4.41. The molecule has 1 heterocycles. The van der Waals surface area contributed by atoms with E-state index in [-0.39, 0.29) is 11.7 Å².